The summed E-state index contributed by atoms with van der Waals surface area (Å²) in [5.74, 6) is -0.560. The van der Waals surface area contributed by atoms with Gasteiger partial charge in [-0.3, -0.25) is 4.79 Å². The van der Waals surface area contributed by atoms with E-state index < -0.39 is 21.6 Å². The second kappa shape index (κ2) is 10.3. The minimum Gasteiger partial charge on any atom is -0.473 e. The van der Waals surface area contributed by atoms with Crippen molar-refractivity contribution in [3.05, 3.63) is 60.1 Å². The van der Waals surface area contributed by atoms with Gasteiger partial charge in [0, 0.05) is 44.6 Å². The van der Waals surface area contributed by atoms with E-state index >= 15 is 0 Å². The number of rotatable bonds is 7. The van der Waals surface area contributed by atoms with Crippen LogP contribution in [0.25, 0.3) is 0 Å². The maximum Gasteiger partial charge on any atom is 0.275 e. The SMILES string of the molecule is CCc1cnc(N2CCC(Oc3cnc(C(=O)Nc4ccc(S(C)(=O)=O)cc4F)cn3)CC2)nc1. The van der Waals surface area contributed by atoms with Gasteiger partial charge in [-0.1, -0.05) is 6.92 Å². The smallest absolute Gasteiger partial charge is 0.275 e. The van der Waals surface area contributed by atoms with Gasteiger partial charge in [0.1, 0.15) is 17.6 Å². The third-order valence-electron chi connectivity index (χ3n) is 5.59. The molecule has 0 aliphatic carbocycles. The average Bonchev–Trinajstić information content (AvgIpc) is 2.85. The van der Waals surface area contributed by atoms with E-state index in [0.29, 0.717) is 5.95 Å². The number of nitrogens with zero attached hydrogens (tertiary/aromatic N) is 5. The van der Waals surface area contributed by atoms with Crippen molar-refractivity contribution in [3.8, 4) is 5.88 Å². The first kappa shape index (κ1) is 24.5. The molecular weight excluding hydrogens is 475 g/mol. The van der Waals surface area contributed by atoms with E-state index in [-0.39, 0.29) is 28.3 Å². The van der Waals surface area contributed by atoms with Gasteiger partial charge in [0.05, 0.1) is 23.0 Å². The molecule has 10 nitrogen and oxygen atoms in total. The molecule has 0 spiro atoms. The number of halogens is 1. The molecule has 0 saturated carbocycles. The lowest BCUT2D eigenvalue weighted by molar-refractivity contribution is 0.102. The van der Waals surface area contributed by atoms with Crippen molar-refractivity contribution in [3.63, 3.8) is 0 Å². The molecule has 1 N–H and O–H groups in total. The first-order chi connectivity index (χ1) is 16.7. The monoisotopic (exact) mass is 500 g/mol. The highest BCUT2D eigenvalue weighted by atomic mass is 32.2. The fourth-order valence-corrected chi connectivity index (χ4v) is 4.18. The summed E-state index contributed by atoms with van der Waals surface area (Å²) in [5.41, 5.74) is 0.897. The summed E-state index contributed by atoms with van der Waals surface area (Å²) in [6.45, 7) is 3.55. The maximum atomic E-state index is 14.2. The van der Waals surface area contributed by atoms with Gasteiger partial charge in [-0.25, -0.2) is 32.7 Å². The molecule has 3 heterocycles. The summed E-state index contributed by atoms with van der Waals surface area (Å²) in [6.07, 6.45) is 9.60. The van der Waals surface area contributed by atoms with Crippen LogP contribution >= 0.6 is 0 Å². The molecule has 2 aromatic heterocycles. The highest BCUT2D eigenvalue weighted by Gasteiger charge is 2.23. The van der Waals surface area contributed by atoms with Gasteiger partial charge >= 0.3 is 0 Å². The van der Waals surface area contributed by atoms with Crippen molar-refractivity contribution >= 4 is 27.4 Å². The molecule has 0 atom stereocenters. The predicted octanol–water partition coefficient (Wildman–Crippen LogP) is 2.67. The quantitative estimate of drug-likeness (QED) is 0.521. The number of aromatic nitrogens is 4. The van der Waals surface area contributed by atoms with Gasteiger partial charge in [-0.2, -0.15) is 0 Å². The fourth-order valence-electron chi connectivity index (χ4n) is 3.55. The Morgan fingerprint density at radius 2 is 1.83 bits per heavy atom. The van der Waals surface area contributed by atoms with Gasteiger partial charge in [-0.15, -0.1) is 0 Å². The summed E-state index contributed by atoms with van der Waals surface area (Å²) in [7, 11) is -3.56. The number of hydrogen-bond acceptors (Lipinski definition) is 9. The number of ether oxygens (including phenoxy) is 1. The maximum absolute atomic E-state index is 14.2. The van der Waals surface area contributed by atoms with Crippen LogP contribution in [0.15, 0.2) is 47.9 Å². The number of carbonyl (C=O) groups is 1. The zero-order valence-electron chi connectivity index (χ0n) is 19.3. The van der Waals surface area contributed by atoms with Crippen LogP contribution < -0.4 is 15.0 Å². The van der Waals surface area contributed by atoms with Crippen LogP contribution in [0.5, 0.6) is 5.88 Å². The molecule has 1 saturated heterocycles. The second-order valence-corrected chi connectivity index (χ2v) is 10.2. The molecule has 184 valence electrons. The molecule has 0 radical (unpaired) electrons. The molecule has 0 unspecified atom stereocenters. The number of carbonyl (C=O) groups excluding carboxylic acids is 1. The standard InChI is InChI=1S/C23H25FN6O4S/c1-3-15-11-27-23(28-12-15)30-8-6-16(7-9-30)34-21-14-25-20(13-26-21)22(31)29-19-5-4-17(10-18(19)24)35(2,32)33/h4-5,10-14,16H,3,6-9H2,1-2H3,(H,29,31). The van der Waals surface area contributed by atoms with E-state index in [1.165, 1.54) is 24.5 Å². The summed E-state index contributed by atoms with van der Waals surface area (Å²) in [4.78, 5) is 31.4. The van der Waals surface area contributed by atoms with Crippen molar-refractivity contribution in [1.29, 1.82) is 0 Å². The lowest BCUT2D eigenvalue weighted by Gasteiger charge is -2.31. The highest BCUT2D eigenvalue weighted by molar-refractivity contribution is 7.90. The van der Waals surface area contributed by atoms with E-state index in [4.69, 9.17) is 4.74 Å². The largest absolute Gasteiger partial charge is 0.473 e. The number of nitrogens with one attached hydrogen (secondary N) is 1. The fraction of sp³-hybridized carbons (Fsp3) is 0.348. The minimum absolute atomic E-state index is 0.0357. The Balaban J connectivity index is 1.31. The summed E-state index contributed by atoms with van der Waals surface area (Å²) < 4.78 is 43.2. The van der Waals surface area contributed by atoms with E-state index in [1.807, 2.05) is 12.4 Å². The van der Waals surface area contributed by atoms with E-state index in [9.17, 15) is 17.6 Å². The minimum atomic E-state index is -3.56. The Hall–Kier alpha value is -3.67. The first-order valence-corrected chi connectivity index (χ1v) is 13.0. The Kier molecular flexibility index (Phi) is 7.20. The molecule has 1 aliphatic rings. The lowest BCUT2D eigenvalue weighted by Crippen LogP contribution is -2.39. The van der Waals surface area contributed by atoms with E-state index in [0.717, 1.165) is 50.2 Å². The Morgan fingerprint density at radius 3 is 2.40 bits per heavy atom. The number of anilines is 2. The molecule has 1 aliphatic heterocycles. The van der Waals surface area contributed by atoms with Crippen LogP contribution in [-0.2, 0) is 16.3 Å². The van der Waals surface area contributed by atoms with Crippen molar-refractivity contribution in [1.82, 2.24) is 19.9 Å². The molecule has 35 heavy (non-hydrogen) atoms. The molecule has 1 fully saturated rings. The van der Waals surface area contributed by atoms with Gasteiger partial charge in [0.15, 0.2) is 9.84 Å². The molecule has 0 bridgehead atoms. The molecular formula is C23H25FN6O4S. The Morgan fingerprint density at radius 1 is 1.11 bits per heavy atom. The topological polar surface area (TPSA) is 127 Å². The van der Waals surface area contributed by atoms with Crippen molar-refractivity contribution in [2.45, 2.75) is 37.2 Å². The van der Waals surface area contributed by atoms with Crippen molar-refractivity contribution in [2.75, 3.05) is 29.6 Å². The average molecular weight is 501 g/mol. The van der Waals surface area contributed by atoms with Crippen LogP contribution in [0.1, 0.15) is 35.8 Å². The third kappa shape index (κ3) is 6.07. The number of aryl methyl sites for hydroxylation is 1. The Bertz CT molecular complexity index is 1290. The van der Waals surface area contributed by atoms with Crippen LogP contribution in [0.3, 0.4) is 0 Å². The van der Waals surface area contributed by atoms with Crippen molar-refractivity contribution in [2.24, 2.45) is 0 Å². The normalized spacial score (nSPS) is 14.5. The zero-order valence-corrected chi connectivity index (χ0v) is 20.1. The molecule has 3 aromatic rings. The van der Waals surface area contributed by atoms with Gasteiger partial charge < -0.3 is 15.0 Å². The van der Waals surface area contributed by atoms with Crippen molar-refractivity contribution < 1.29 is 22.3 Å². The molecule has 12 heteroatoms. The molecule has 1 aromatic carbocycles. The van der Waals surface area contributed by atoms with Crippen LogP contribution in [0.2, 0.25) is 0 Å². The summed E-state index contributed by atoms with van der Waals surface area (Å²) in [6, 6.07) is 3.25. The molecule has 1 amide bonds. The van der Waals surface area contributed by atoms with E-state index in [2.05, 4.69) is 37.1 Å². The zero-order chi connectivity index (χ0) is 25.0. The van der Waals surface area contributed by atoms with Crippen LogP contribution in [0.4, 0.5) is 16.0 Å². The lowest BCUT2D eigenvalue weighted by atomic mass is 10.1. The number of sulfone groups is 1. The Labute approximate surface area is 202 Å². The summed E-state index contributed by atoms with van der Waals surface area (Å²) in [5, 5.41) is 2.36. The highest BCUT2D eigenvalue weighted by Crippen LogP contribution is 2.21. The summed E-state index contributed by atoms with van der Waals surface area (Å²) >= 11 is 0. The van der Waals surface area contributed by atoms with Gasteiger partial charge in [0.2, 0.25) is 11.8 Å². The van der Waals surface area contributed by atoms with E-state index in [1.54, 1.807) is 0 Å². The number of amides is 1. The van der Waals surface area contributed by atoms with Gasteiger partial charge in [-0.05, 0) is 30.2 Å². The number of hydrogen-bond donors (Lipinski definition) is 1. The van der Waals surface area contributed by atoms with Gasteiger partial charge in [0.25, 0.3) is 5.91 Å². The first-order valence-electron chi connectivity index (χ1n) is 11.1. The van der Waals surface area contributed by atoms with Crippen LogP contribution in [-0.4, -0.2) is 59.7 Å². The molecule has 4 rings (SSSR count). The van der Waals surface area contributed by atoms with Crippen LogP contribution in [0, 0.1) is 5.82 Å². The second-order valence-electron chi connectivity index (χ2n) is 8.16. The predicted molar refractivity (Wildman–Crippen MR) is 127 cm³/mol. The number of benzene rings is 1. The number of piperidine rings is 1. The third-order valence-corrected chi connectivity index (χ3v) is 6.70.